The summed E-state index contributed by atoms with van der Waals surface area (Å²) in [5, 5.41) is 9.95. The summed E-state index contributed by atoms with van der Waals surface area (Å²) < 4.78 is 2.41. The van der Waals surface area contributed by atoms with Crippen LogP contribution in [0, 0.1) is 0 Å². The van der Waals surface area contributed by atoms with Crippen molar-refractivity contribution in [1.82, 2.24) is 15.0 Å². The zero-order valence-corrected chi connectivity index (χ0v) is 33.8. The Morgan fingerprint density at radius 2 is 0.836 bits per heavy atom. The Bertz CT molecular complexity index is 3660. The minimum Gasteiger partial charge on any atom is -0.208 e. The van der Waals surface area contributed by atoms with Crippen LogP contribution >= 0.6 is 11.3 Å². The first kappa shape index (κ1) is 35.2. The summed E-state index contributed by atoms with van der Waals surface area (Å²) in [7, 11) is 0. The van der Waals surface area contributed by atoms with E-state index in [0.29, 0.717) is 17.5 Å². The maximum atomic E-state index is 5.30. The highest BCUT2D eigenvalue weighted by atomic mass is 32.1. The Kier molecular flexibility index (Phi) is 8.36. The third-order valence-corrected chi connectivity index (χ3v) is 13.1. The number of rotatable bonds is 6. The van der Waals surface area contributed by atoms with E-state index in [0.717, 1.165) is 38.9 Å². The van der Waals surface area contributed by atoms with E-state index >= 15 is 0 Å². The first-order valence-corrected chi connectivity index (χ1v) is 21.4. The van der Waals surface area contributed by atoms with Crippen LogP contribution in [0.15, 0.2) is 212 Å². The lowest BCUT2D eigenvalue weighted by Gasteiger charge is -2.15. The molecule has 2 aromatic heterocycles. The van der Waals surface area contributed by atoms with Gasteiger partial charge in [-0.3, -0.25) is 0 Å². The second kappa shape index (κ2) is 14.5. The van der Waals surface area contributed by atoms with Crippen LogP contribution in [0.4, 0.5) is 0 Å². The van der Waals surface area contributed by atoms with Crippen molar-refractivity contribution in [2.45, 2.75) is 0 Å². The molecule has 0 saturated carbocycles. The van der Waals surface area contributed by atoms with Crippen molar-refractivity contribution in [3.8, 4) is 67.5 Å². The molecule has 12 rings (SSSR count). The van der Waals surface area contributed by atoms with Gasteiger partial charge in [0.1, 0.15) is 0 Å². The first-order chi connectivity index (χ1) is 30.2. The van der Waals surface area contributed by atoms with Crippen LogP contribution in [0.3, 0.4) is 0 Å². The third-order valence-electron chi connectivity index (χ3n) is 11.9. The molecule has 0 saturated heterocycles. The van der Waals surface area contributed by atoms with E-state index < -0.39 is 0 Å². The number of aromatic nitrogens is 3. The highest BCUT2D eigenvalue weighted by molar-refractivity contribution is 7.26. The average Bonchev–Trinajstić information content (AvgIpc) is 3.72. The van der Waals surface area contributed by atoms with Gasteiger partial charge in [0, 0.05) is 36.9 Å². The Hall–Kier alpha value is -7.79. The second-order valence-corrected chi connectivity index (χ2v) is 16.6. The topological polar surface area (TPSA) is 38.7 Å². The molecule has 284 valence electrons. The number of fused-ring (bicyclic) bond motifs is 7. The van der Waals surface area contributed by atoms with Gasteiger partial charge in [-0.25, -0.2) is 15.0 Å². The van der Waals surface area contributed by atoms with Gasteiger partial charge in [0.05, 0.1) is 0 Å². The summed E-state index contributed by atoms with van der Waals surface area (Å²) in [6.45, 7) is 0. The lowest BCUT2D eigenvalue weighted by atomic mass is 9.89. The predicted octanol–water partition coefficient (Wildman–Crippen LogP) is 15.7. The van der Waals surface area contributed by atoms with Gasteiger partial charge >= 0.3 is 0 Å². The van der Waals surface area contributed by atoms with Gasteiger partial charge in [0.2, 0.25) is 0 Å². The minimum absolute atomic E-state index is 0.630. The van der Waals surface area contributed by atoms with Gasteiger partial charge in [-0.1, -0.05) is 182 Å². The van der Waals surface area contributed by atoms with Crippen molar-refractivity contribution in [1.29, 1.82) is 0 Å². The number of benzene rings is 10. The van der Waals surface area contributed by atoms with Crippen LogP contribution in [-0.2, 0) is 0 Å². The highest BCUT2D eigenvalue weighted by Gasteiger charge is 2.19. The van der Waals surface area contributed by atoms with E-state index in [2.05, 4.69) is 206 Å². The van der Waals surface area contributed by atoms with Gasteiger partial charge in [0.15, 0.2) is 17.5 Å². The zero-order chi connectivity index (χ0) is 40.3. The Balaban J connectivity index is 1.03. The van der Waals surface area contributed by atoms with E-state index in [-0.39, 0.29) is 0 Å². The fraction of sp³-hybridized carbons (Fsp3) is 0. The molecule has 0 atom stereocenters. The quantitative estimate of drug-likeness (QED) is 0.124. The lowest BCUT2D eigenvalue weighted by molar-refractivity contribution is 1.08. The molecule has 0 radical (unpaired) electrons. The van der Waals surface area contributed by atoms with Gasteiger partial charge in [-0.2, -0.15) is 0 Å². The molecular formula is C57H35N3S. The molecular weight excluding hydrogens is 759 g/mol. The Morgan fingerprint density at radius 1 is 0.279 bits per heavy atom. The van der Waals surface area contributed by atoms with Gasteiger partial charge < -0.3 is 0 Å². The van der Waals surface area contributed by atoms with Crippen LogP contribution in [0.25, 0.3) is 120 Å². The van der Waals surface area contributed by atoms with Crippen molar-refractivity contribution >= 4 is 63.8 Å². The largest absolute Gasteiger partial charge is 0.208 e. The molecule has 0 bridgehead atoms. The van der Waals surface area contributed by atoms with Crippen LogP contribution in [0.1, 0.15) is 0 Å². The zero-order valence-electron chi connectivity index (χ0n) is 33.0. The molecule has 0 aliphatic rings. The highest BCUT2D eigenvalue weighted by Crippen LogP contribution is 2.42. The van der Waals surface area contributed by atoms with E-state index in [4.69, 9.17) is 15.0 Å². The summed E-state index contributed by atoms with van der Waals surface area (Å²) in [5.74, 6) is 1.93. The SMILES string of the molecule is c1ccc(-c2ccccc2-c2nc(-c3cccc(-c4cccc(-c5c6ccccc6cc6c5ccc5ccccc56)c4)c3)nc(-c3cccc4c3sc3ccccc34)n2)cc1. The molecule has 0 aliphatic heterocycles. The normalized spacial score (nSPS) is 11.6. The standard InChI is InChI=1S/C57H35N3S/c1-2-15-36(16-3-1)43-23-8-9-27-49(43)56-58-55(59-57(60-56)50-29-14-28-48-46-26-10-11-30-52(46)61-54(48)50)42-22-13-20-39(34-42)38-19-12-21-41(33-38)53-45-25-7-5-18-40(45)35-51-44-24-6-4-17-37(44)31-32-47(51)53/h1-35H. The van der Waals surface area contributed by atoms with E-state index in [1.807, 2.05) is 6.07 Å². The number of thiophene rings is 1. The molecule has 12 aromatic rings. The average molecular weight is 794 g/mol. The molecule has 0 N–H and O–H groups in total. The van der Waals surface area contributed by atoms with Crippen molar-refractivity contribution < 1.29 is 0 Å². The number of hydrogen-bond acceptors (Lipinski definition) is 4. The van der Waals surface area contributed by atoms with Crippen LogP contribution in [0.2, 0.25) is 0 Å². The maximum absolute atomic E-state index is 5.30. The fourth-order valence-corrected chi connectivity index (χ4v) is 10.3. The molecule has 0 aliphatic carbocycles. The molecule has 10 aromatic carbocycles. The van der Waals surface area contributed by atoms with E-state index in [1.165, 1.54) is 63.6 Å². The van der Waals surface area contributed by atoms with E-state index in [1.54, 1.807) is 11.3 Å². The maximum Gasteiger partial charge on any atom is 0.165 e. The lowest BCUT2D eigenvalue weighted by Crippen LogP contribution is -2.01. The molecule has 0 amide bonds. The number of hydrogen-bond donors (Lipinski definition) is 0. The second-order valence-electron chi connectivity index (χ2n) is 15.5. The van der Waals surface area contributed by atoms with Crippen molar-refractivity contribution in [3.63, 3.8) is 0 Å². The third kappa shape index (κ3) is 6.07. The summed E-state index contributed by atoms with van der Waals surface area (Å²) in [5.41, 5.74) is 9.72. The molecule has 4 heteroatoms. The minimum atomic E-state index is 0.630. The molecule has 0 spiro atoms. The Morgan fingerprint density at radius 3 is 1.67 bits per heavy atom. The fourth-order valence-electron chi connectivity index (χ4n) is 9.04. The van der Waals surface area contributed by atoms with Crippen molar-refractivity contribution in [2.75, 3.05) is 0 Å². The van der Waals surface area contributed by atoms with Crippen molar-refractivity contribution in [2.24, 2.45) is 0 Å². The van der Waals surface area contributed by atoms with Crippen LogP contribution in [-0.4, -0.2) is 15.0 Å². The summed E-state index contributed by atoms with van der Waals surface area (Å²) in [4.78, 5) is 15.9. The van der Waals surface area contributed by atoms with Crippen LogP contribution < -0.4 is 0 Å². The summed E-state index contributed by atoms with van der Waals surface area (Å²) >= 11 is 1.79. The molecule has 0 unspecified atom stereocenters. The van der Waals surface area contributed by atoms with Gasteiger partial charge in [-0.15, -0.1) is 11.3 Å². The predicted molar refractivity (Wildman–Crippen MR) is 258 cm³/mol. The molecule has 3 nitrogen and oxygen atoms in total. The van der Waals surface area contributed by atoms with Crippen LogP contribution in [0.5, 0.6) is 0 Å². The Labute approximate surface area is 356 Å². The van der Waals surface area contributed by atoms with E-state index in [9.17, 15) is 0 Å². The monoisotopic (exact) mass is 793 g/mol. The smallest absolute Gasteiger partial charge is 0.165 e. The molecule has 61 heavy (non-hydrogen) atoms. The van der Waals surface area contributed by atoms with Gasteiger partial charge in [0.25, 0.3) is 0 Å². The molecule has 2 heterocycles. The molecule has 0 fully saturated rings. The summed E-state index contributed by atoms with van der Waals surface area (Å²) in [6.07, 6.45) is 0. The number of nitrogens with zero attached hydrogens (tertiary/aromatic N) is 3. The van der Waals surface area contributed by atoms with Gasteiger partial charge in [-0.05, 0) is 96.0 Å². The van der Waals surface area contributed by atoms with Crippen molar-refractivity contribution in [3.05, 3.63) is 212 Å². The summed E-state index contributed by atoms with van der Waals surface area (Å²) in [6, 6.07) is 75.8. The first-order valence-electron chi connectivity index (χ1n) is 20.6.